The smallest absolute Gasteiger partial charge is 0.282 e. The van der Waals surface area contributed by atoms with E-state index in [-0.39, 0.29) is 6.10 Å². The van der Waals surface area contributed by atoms with Crippen LogP contribution in [0.3, 0.4) is 0 Å². The van der Waals surface area contributed by atoms with Crippen molar-refractivity contribution in [2.45, 2.75) is 38.3 Å². The zero-order chi connectivity index (χ0) is 15.4. The molecule has 1 atom stereocenters. The summed E-state index contributed by atoms with van der Waals surface area (Å²) < 4.78 is 34.7. The second-order valence-corrected chi connectivity index (χ2v) is 7.96. The molecule has 0 spiro atoms. The van der Waals surface area contributed by atoms with Gasteiger partial charge in [0.15, 0.2) is 0 Å². The third kappa shape index (κ3) is 3.68. The Labute approximate surface area is 133 Å². The molecule has 2 aliphatic heterocycles. The van der Waals surface area contributed by atoms with Gasteiger partial charge in [-0.15, -0.1) is 0 Å². The number of nitrogens with zero attached hydrogens (tertiary/aromatic N) is 2. The Balaban J connectivity index is 1.78. The fourth-order valence-corrected chi connectivity index (χ4v) is 4.84. The summed E-state index contributed by atoms with van der Waals surface area (Å²) in [6.07, 6.45) is 3.91. The van der Waals surface area contributed by atoms with Crippen molar-refractivity contribution in [1.82, 2.24) is 8.61 Å². The average Bonchev–Trinajstić information content (AvgIpc) is 3.21. The third-order valence-corrected chi connectivity index (χ3v) is 6.30. The summed E-state index contributed by atoms with van der Waals surface area (Å²) in [7, 11) is -3.40. The highest BCUT2D eigenvalue weighted by Crippen LogP contribution is 2.22. The molecule has 0 bridgehead atoms. The van der Waals surface area contributed by atoms with Gasteiger partial charge in [0, 0.05) is 32.8 Å². The summed E-state index contributed by atoms with van der Waals surface area (Å²) in [5.74, 6) is 0. The van der Waals surface area contributed by atoms with Gasteiger partial charge in [-0.3, -0.25) is 0 Å². The van der Waals surface area contributed by atoms with Gasteiger partial charge in [-0.1, -0.05) is 30.3 Å². The Hall–Kier alpha value is -0.950. The lowest BCUT2D eigenvalue weighted by atomic mass is 10.2. The Morgan fingerprint density at radius 3 is 2.50 bits per heavy atom. The van der Waals surface area contributed by atoms with E-state index in [9.17, 15) is 8.42 Å². The SMILES string of the molecule is O=S(=O)(N1CCCC1)N(Cc1ccccc1)C[C@@H]1CCCO1. The van der Waals surface area contributed by atoms with Crippen molar-refractivity contribution >= 4 is 10.2 Å². The predicted molar refractivity (Wildman–Crippen MR) is 85.6 cm³/mol. The Morgan fingerprint density at radius 2 is 1.86 bits per heavy atom. The van der Waals surface area contributed by atoms with Crippen LogP contribution in [0.1, 0.15) is 31.2 Å². The molecule has 6 heteroatoms. The van der Waals surface area contributed by atoms with Gasteiger partial charge in [0.25, 0.3) is 10.2 Å². The van der Waals surface area contributed by atoms with Gasteiger partial charge in [-0.25, -0.2) is 0 Å². The second-order valence-electron chi connectivity index (χ2n) is 6.03. The van der Waals surface area contributed by atoms with Crippen LogP contribution < -0.4 is 0 Å². The van der Waals surface area contributed by atoms with Crippen LogP contribution in [-0.4, -0.2) is 49.4 Å². The first-order chi connectivity index (χ1) is 10.7. The molecule has 5 nitrogen and oxygen atoms in total. The van der Waals surface area contributed by atoms with E-state index in [1.165, 1.54) is 0 Å². The summed E-state index contributed by atoms with van der Waals surface area (Å²) in [5.41, 5.74) is 1.02. The van der Waals surface area contributed by atoms with Crippen molar-refractivity contribution in [2.24, 2.45) is 0 Å². The molecule has 1 aromatic carbocycles. The van der Waals surface area contributed by atoms with Gasteiger partial charge in [-0.2, -0.15) is 17.0 Å². The van der Waals surface area contributed by atoms with Crippen LogP contribution >= 0.6 is 0 Å². The number of hydrogen-bond acceptors (Lipinski definition) is 3. The van der Waals surface area contributed by atoms with Gasteiger partial charge in [0.2, 0.25) is 0 Å². The monoisotopic (exact) mass is 324 g/mol. The minimum atomic E-state index is -3.40. The molecule has 0 N–H and O–H groups in total. The van der Waals surface area contributed by atoms with Crippen molar-refractivity contribution < 1.29 is 13.2 Å². The van der Waals surface area contributed by atoms with Crippen molar-refractivity contribution in [3.63, 3.8) is 0 Å². The molecule has 0 aliphatic carbocycles. The zero-order valence-corrected chi connectivity index (χ0v) is 13.7. The molecule has 1 aromatic rings. The van der Waals surface area contributed by atoms with Crippen LogP contribution in [0.2, 0.25) is 0 Å². The minimum Gasteiger partial charge on any atom is -0.377 e. The summed E-state index contributed by atoms with van der Waals surface area (Å²) >= 11 is 0. The molecule has 0 radical (unpaired) electrons. The quantitative estimate of drug-likeness (QED) is 0.804. The maximum absolute atomic E-state index is 12.9. The highest BCUT2D eigenvalue weighted by molar-refractivity contribution is 7.86. The lowest BCUT2D eigenvalue weighted by Crippen LogP contribution is -2.45. The summed E-state index contributed by atoms with van der Waals surface area (Å²) in [5, 5.41) is 0. The molecular formula is C16H24N2O3S. The number of benzene rings is 1. The topological polar surface area (TPSA) is 49.9 Å². The van der Waals surface area contributed by atoms with Crippen LogP contribution in [0, 0.1) is 0 Å². The highest BCUT2D eigenvalue weighted by atomic mass is 32.2. The molecule has 0 unspecified atom stereocenters. The van der Waals surface area contributed by atoms with Crippen LogP contribution in [0.5, 0.6) is 0 Å². The maximum atomic E-state index is 12.9. The van der Waals surface area contributed by atoms with Crippen molar-refractivity contribution in [1.29, 1.82) is 0 Å². The van der Waals surface area contributed by atoms with E-state index in [1.54, 1.807) is 8.61 Å². The van der Waals surface area contributed by atoms with Crippen LogP contribution in [-0.2, 0) is 21.5 Å². The lowest BCUT2D eigenvalue weighted by Gasteiger charge is -2.29. The molecule has 0 aromatic heterocycles. The standard InChI is InChI=1S/C16H24N2O3S/c19-22(20,17-10-4-5-11-17)18(14-16-9-6-12-21-16)13-15-7-2-1-3-8-15/h1-3,7-8,16H,4-6,9-14H2/t16-/m0/s1. The van der Waals surface area contributed by atoms with E-state index < -0.39 is 10.2 Å². The Morgan fingerprint density at radius 1 is 1.14 bits per heavy atom. The van der Waals surface area contributed by atoms with E-state index >= 15 is 0 Å². The minimum absolute atomic E-state index is 0.0288. The Bertz CT molecular complexity index is 564. The van der Waals surface area contributed by atoms with Gasteiger partial charge < -0.3 is 4.74 Å². The first-order valence-electron chi connectivity index (χ1n) is 8.07. The normalized spacial score (nSPS) is 23.4. The van der Waals surface area contributed by atoms with E-state index in [2.05, 4.69) is 0 Å². The van der Waals surface area contributed by atoms with Gasteiger partial charge in [0.05, 0.1) is 6.10 Å². The molecule has 2 saturated heterocycles. The van der Waals surface area contributed by atoms with Crippen molar-refractivity contribution in [2.75, 3.05) is 26.2 Å². The number of rotatable bonds is 6. The molecule has 122 valence electrons. The van der Waals surface area contributed by atoms with E-state index in [0.29, 0.717) is 26.2 Å². The first-order valence-corrected chi connectivity index (χ1v) is 9.47. The highest BCUT2D eigenvalue weighted by Gasteiger charge is 2.34. The number of ether oxygens (including phenoxy) is 1. The molecule has 0 amide bonds. The summed E-state index contributed by atoms with van der Waals surface area (Å²) in [6, 6.07) is 9.79. The average molecular weight is 324 g/mol. The molecule has 2 heterocycles. The maximum Gasteiger partial charge on any atom is 0.282 e. The third-order valence-electron chi connectivity index (χ3n) is 4.35. The molecule has 2 fully saturated rings. The van der Waals surface area contributed by atoms with Crippen LogP contribution in [0.25, 0.3) is 0 Å². The van der Waals surface area contributed by atoms with Gasteiger partial charge >= 0.3 is 0 Å². The molecule has 22 heavy (non-hydrogen) atoms. The number of hydrogen-bond donors (Lipinski definition) is 0. The fraction of sp³-hybridized carbons (Fsp3) is 0.625. The summed E-state index contributed by atoms with van der Waals surface area (Å²) in [4.78, 5) is 0. The second kappa shape index (κ2) is 7.08. The Kier molecular flexibility index (Phi) is 5.13. The largest absolute Gasteiger partial charge is 0.377 e. The van der Waals surface area contributed by atoms with Gasteiger partial charge in [0.1, 0.15) is 0 Å². The van der Waals surface area contributed by atoms with Crippen molar-refractivity contribution in [3.8, 4) is 0 Å². The van der Waals surface area contributed by atoms with E-state index in [4.69, 9.17) is 4.74 Å². The van der Waals surface area contributed by atoms with E-state index in [0.717, 1.165) is 37.9 Å². The predicted octanol–water partition coefficient (Wildman–Crippen LogP) is 2.01. The molecule has 0 saturated carbocycles. The summed E-state index contributed by atoms with van der Waals surface area (Å²) in [6.45, 7) is 2.89. The molecule has 3 rings (SSSR count). The van der Waals surface area contributed by atoms with Crippen LogP contribution in [0.15, 0.2) is 30.3 Å². The first kappa shape index (κ1) is 15.9. The molecular weight excluding hydrogens is 300 g/mol. The van der Waals surface area contributed by atoms with Crippen LogP contribution in [0.4, 0.5) is 0 Å². The van der Waals surface area contributed by atoms with Crippen molar-refractivity contribution in [3.05, 3.63) is 35.9 Å². The lowest BCUT2D eigenvalue weighted by molar-refractivity contribution is 0.0911. The zero-order valence-electron chi connectivity index (χ0n) is 12.9. The fourth-order valence-electron chi connectivity index (χ4n) is 3.12. The molecule has 2 aliphatic rings. The van der Waals surface area contributed by atoms with E-state index in [1.807, 2.05) is 30.3 Å². The van der Waals surface area contributed by atoms with Gasteiger partial charge in [-0.05, 0) is 31.2 Å².